The zero-order valence-electron chi connectivity index (χ0n) is 14.6. The molecular weight excluding hydrogens is 370 g/mol. The molecule has 8 heteroatoms. The molecule has 0 bridgehead atoms. The largest absolute Gasteiger partial charge is 0.348 e. The van der Waals surface area contributed by atoms with Crippen LogP contribution in [0.3, 0.4) is 0 Å². The molecule has 1 saturated heterocycles. The molecule has 0 spiro atoms. The Morgan fingerprint density at radius 1 is 1.23 bits per heavy atom. The van der Waals surface area contributed by atoms with E-state index < -0.39 is 9.84 Å². The third kappa shape index (κ3) is 3.71. The van der Waals surface area contributed by atoms with Crippen LogP contribution in [0.25, 0.3) is 10.6 Å². The first kappa shape index (κ1) is 17.7. The Labute approximate surface area is 157 Å². The van der Waals surface area contributed by atoms with E-state index in [1.54, 1.807) is 22.1 Å². The van der Waals surface area contributed by atoms with Crippen LogP contribution < -0.4 is 5.32 Å². The van der Waals surface area contributed by atoms with Crippen LogP contribution in [0, 0.1) is 0 Å². The predicted molar refractivity (Wildman–Crippen MR) is 102 cm³/mol. The number of nitrogens with zero attached hydrogens (tertiary/aromatic N) is 2. The molecular formula is C18H23N3O3S2. The van der Waals surface area contributed by atoms with Crippen molar-refractivity contribution in [1.82, 2.24) is 15.1 Å². The number of nitrogens with one attached hydrogen (secondary N) is 1. The second kappa shape index (κ2) is 7.15. The van der Waals surface area contributed by atoms with Gasteiger partial charge in [-0.1, -0.05) is 25.3 Å². The molecule has 140 valence electrons. The summed E-state index contributed by atoms with van der Waals surface area (Å²) in [5, 5.41) is 9.60. The highest BCUT2D eigenvalue weighted by atomic mass is 32.2. The summed E-state index contributed by atoms with van der Waals surface area (Å²) in [7, 11) is -3.02. The van der Waals surface area contributed by atoms with Gasteiger partial charge in [-0.2, -0.15) is 5.10 Å². The molecule has 6 nitrogen and oxygen atoms in total. The maximum atomic E-state index is 12.7. The lowest BCUT2D eigenvalue weighted by atomic mass is 9.95. The summed E-state index contributed by atoms with van der Waals surface area (Å²) in [6.07, 6.45) is 6.13. The Kier molecular flexibility index (Phi) is 4.88. The molecule has 2 aromatic rings. The molecule has 1 amide bonds. The molecule has 26 heavy (non-hydrogen) atoms. The van der Waals surface area contributed by atoms with Crippen LogP contribution >= 0.6 is 11.3 Å². The summed E-state index contributed by atoms with van der Waals surface area (Å²) in [6.45, 7) is 0. The van der Waals surface area contributed by atoms with E-state index in [0.717, 1.165) is 36.3 Å². The normalized spacial score (nSPS) is 23.2. The summed E-state index contributed by atoms with van der Waals surface area (Å²) in [5.41, 5.74) is 1.21. The van der Waals surface area contributed by atoms with Gasteiger partial charge in [0.15, 0.2) is 15.5 Å². The monoisotopic (exact) mass is 393 g/mol. The average Bonchev–Trinajstić information content (AvgIpc) is 3.33. The Morgan fingerprint density at radius 2 is 2.04 bits per heavy atom. The van der Waals surface area contributed by atoms with Gasteiger partial charge in [-0.15, -0.1) is 11.3 Å². The zero-order chi connectivity index (χ0) is 18.1. The molecule has 3 heterocycles. The van der Waals surface area contributed by atoms with E-state index in [9.17, 15) is 13.2 Å². The fourth-order valence-corrected chi connectivity index (χ4v) is 6.29. The highest BCUT2D eigenvalue weighted by molar-refractivity contribution is 7.91. The van der Waals surface area contributed by atoms with Crippen molar-refractivity contribution in [3.8, 4) is 10.6 Å². The minimum absolute atomic E-state index is 0.0940. The van der Waals surface area contributed by atoms with Crippen molar-refractivity contribution in [2.45, 2.75) is 50.6 Å². The molecule has 1 unspecified atom stereocenters. The second-order valence-corrected chi connectivity index (χ2v) is 10.4. The van der Waals surface area contributed by atoms with Crippen LogP contribution in [0.1, 0.15) is 55.1 Å². The number of rotatable bonds is 4. The molecule has 4 rings (SSSR count). The minimum atomic E-state index is -3.02. The number of hydrogen-bond donors (Lipinski definition) is 1. The summed E-state index contributed by atoms with van der Waals surface area (Å²) < 4.78 is 25.6. The van der Waals surface area contributed by atoms with Gasteiger partial charge in [0, 0.05) is 6.04 Å². The smallest absolute Gasteiger partial charge is 0.272 e. The fraction of sp³-hybridized carbons (Fsp3) is 0.556. The molecule has 2 aliphatic rings. The summed E-state index contributed by atoms with van der Waals surface area (Å²) >= 11 is 1.57. The van der Waals surface area contributed by atoms with Crippen LogP contribution in [0.5, 0.6) is 0 Å². The number of carbonyl (C=O) groups excluding carboxylic acids is 1. The van der Waals surface area contributed by atoms with Crippen molar-refractivity contribution < 1.29 is 13.2 Å². The van der Waals surface area contributed by atoms with Crippen LogP contribution in [-0.4, -0.2) is 41.7 Å². The highest BCUT2D eigenvalue weighted by Crippen LogP contribution is 2.32. The van der Waals surface area contributed by atoms with Gasteiger partial charge in [0.25, 0.3) is 5.91 Å². The number of sulfone groups is 1. The lowest BCUT2D eigenvalue weighted by molar-refractivity contribution is 0.0921. The SMILES string of the molecule is O=C(NC1CCCCC1)c1cc(-c2cccs2)n(C2CCS(=O)(=O)C2)n1. The molecule has 1 aliphatic heterocycles. The Hall–Kier alpha value is -1.67. The van der Waals surface area contributed by atoms with Crippen molar-refractivity contribution in [3.63, 3.8) is 0 Å². The molecule has 2 aromatic heterocycles. The van der Waals surface area contributed by atoms with Crippen molar-refractivity contribution >= 4 is 27.1 Å². The van der Waals surface area contributed by atoms with E-state index >= 15 is 0 Å². The van der Waals surface area contributed by atoms with Crippen molar-refractivity contribution in [3.05, 3.63) is 29.3 Å². The lowest BCUT2D eigenvalue weighted by Gasteiger charge is -2.22. The van der Waals surface area contributed by atoms with Gasteiger partial charge >= 0.3 is 0 Å². The first-order valence-electron chi connectivity index (χ1n) is 9.16. The van der Waals surface area contributed by atoms with E-state index in [2.05, 4.69) is 10.4 Å². The fourth-order valence-electron chi connectivity index (χ4n) is 3.87. The van der Waals surface area contributed by atoms with Gasteiger partial charge in [-0.05, 0) is 36.8 Å². The molecule has 1 atom stereocenters. The topological polar surface area (TPSA) is 81.1 Å². The predicted octanol–water partition coefficient (Wildman–Crippen LogP) is 3.03. The zero-order valence-corrected chi connectivity index (χ0v) is 16.2. The van der Waals surface area contributed by atoms with E-state index in [-0.39, 0.29) is 29.5 Å². The molecule has 1 saturated carbocycles. The Balaban J connectivity index is 1.62. The molecule has 1 N–H and O–H groups in total. The van der Waals surface area contributed by atoms with E-state index in [0.29, 0.717) is 12.1 Å². The molecule has 0 radical (unpaired) electrons. The standard InChI is InChI=1S/C18H23N3O3S2/c22-18(19-13-5-2-1-3-6-13)15-11-16(17-7-4-9-25-17)21(20-15)14-8-10-26(23,24)12-14/h4,7,9,11,13-14H,1-3,5-6,8,10,12H2,(H,19,22). The van der Waals surface area contributed by atoms with Gasteiger partial charge in [0.2, 0.25) is 0 Å². The first-order chi connectivity index (χ1) is 12.5. The second-order valence-electron chi connectivity index (χ2n) is 7.20. The van der Waals surface area contributed by atoms with Crippen molar-refractivity contribution in [2.24, 2.45) is 0 Å². The maximum absolute atomic E-state index is 12.7. The van der Waals surface area contributed by atoms with Crippen LogP contribution in [0.4, 0.5) is 0 Å². The molecule has 0 aromatic carbocycles. The van der Waals surface area contributed by atoms with Crippen molar-refractivity contribution in [1.29, 1.82) is 0 Å². The quantitative estimate of drug-likeness (QED) is 0.866. The van der Waals surface area contributed by atoms with Gasteiger partial charge in [-0.25, -0.2) is 8.42 Å². The highest BCUT2D eigenvalue weighted by Gasteiger charge is 2.32. The maximum Gasteiger partial charge on any atom is 0.272 e. The van der Waals surface area contributed by atoms with Crippen molar-refractivity contribution in [2.75, 3.05) is 11.5 Å². The third-order valence-electron chi connectivity index (χ3n) is 5.24. The van der Waals surface area contributed by atoms with E-state index in [1.807, 2.05) is 17.5 Å². The Bertz CT molecular complexity index is 881. The number of carbonyl (C=O) groups is 1. The number of amides is 1. The minimum Gasteiger partial charge on any atom is -0.348 e. The van der Waals surface area contributed by atoms with E-state index in [1.165, 1.54) is 6.42 Å². The number of hydrogen-bond acceptors (Lipinski definition) is 5. The number of thiophene rings is 1. The van der Waals surface area contributed by atoms with Crippen LogP contribution in [0.2, 0.25) is 0 Å². The average molecular weight is 394 g/mol. The first-order valence-corrected chi connectivity index (χ1v) is 11.9. The van der Waals surface area contributed by atoms with Gasteiger partial charge in [0.1, 0.15) is 0 Å². The number of aromatic nitrogens is 2. The Morgan fingerprint density at radius 3 is 2.69 bits per heavy atom. The summed E-state index contributed by atoms with van der Waals surface area (Å²) in [5.74, 6) is 0.121. The summed E-state index contributed by atoms with van der Waals surface area (Å²) in [4.78, 5) is 13.7. The van der Waals surface area contributed by atoms with Gasteiger partial charge in [-0.3, -0.25) is 9.48 Å². The van der Waals surface area contributed by atoms with Crippen LogP contribution in [-0.2, 0) is 9.84 Å². The van der Waals surface area contributed by atoms with Crippen LogP contribution in [0.15, 0.2) is 23.6 Å². The molecule has 2 fully saturated rings. The summed E-state index contributed by atoms with van der Waals surface area (Å²) in [6, 6.07) is 5.75. The lowest BCUT2D eigenvalue weighted by Crippen LogP contribution is -2.36. The van der Waals surface area contributed by atoms with Gasteiger partial charge in [0.05, 0.1) is 28.1 Å². The van der Waals surface area contributed by atoms with Gasteiger partial charge < -0.3 is 5.32 Å². The van der Waals surface area contributed by atoms with E-state index in [4.69, 9.17) is 0 Å². The molecule has 1 aliphatic carbocycles. The third-order valence-corrected chi connectivity index (χ3v) is 7.88.